The van der Waals surface area contributed by atoms with E-state index in [2.05, 4.69) is 10.3 Å². The van der Waals surface area contributed by atoms with Gasteiger partial charge in [-0.1, -0.05) is 5.21 Å². The quantitative estimate of drug-likeness (QED) is 0.647. The first-order chi connectivity index (χ1) is 8.69. The number of carboxylic acid groups (broad SMARTS) is 1. The highest BCUT2D eigenvalue weighted by atomic mass is 16.5. The van der Waals surface area contributed by atoms with Crippen LogP contribution in [-0.4, -0.2) is 46.4 Å². The lowest BCUT2D eigenvalue weighted by Gasteiger charge is -2.06. The molecule has 18 heavy (non-hydrogen) atoms. The second-order valence-electron chi connectivity index (χ2n) is 3.76. The van der Waals surface area contributed by atoms with Crippen LogP contribution in [-0.2, 0) is 33.8 Å². The minimum atomic E-state index is -0.922. The predicted molar refractivity (Wildman–Crippen MR) is 63.2 cm³/mol. The Morgan fingerprint density at radius 3 is 2.89 bits per heavy atom. The first-order valence-electron chi connectivity index (χ1n) is 5.88. The summed E-state index contributed by atoms with van der Waals surface area (Å²) in [6.45, 7) is 4.23. The van der Waals surface area contributed by atoms with Crippen molar-refractivity contribution in [3.8, 4) is 0 Å². The molecular formula is C11H19N3O4. The predicted octanol–water partition coefficient (Wildman–Crippen LogP) is 0.478. The topological polar surface area (TPSA) is 86.5 Å². The van der Waals surface area contributed by atoms with Crippen molar-refractivity contribution in [2.45, 2.75) is 32.9 Å². The van der Waals surface area contributed by atoms with Crippen LogP contribution in [0.4, 0.5) is 0 Å². The van der Waals surface area contributed by atoms with E-state index in [-0.39, 0.29) is 6.42 Å². The Morgan fingerprint density at radius 1 is 1.50 bits per heavy atom. The highest BCUT2D eigenvalue weighted by Crippen LogP contribution is 2.09. The van der Waals surface area contributed by atoms with Gasteiger partial charge in [0.05, 0.1) is 24.4 Å². The molecule has 0 aromatic carbocycles. The molecular weight excluding hydrogens is 238 g/mol. The molecule has 1 aromatic heterocycles. The monoisotopic (exact) mass is 257 g/mol. The van der Waals surface area contributed by atoms with Gasteiger partial charge in [-0.25, -0.2) is 4.68 Å². The van der Waals surface area contributed by atoms with E-state index in [4.69, 9.17) is 14.6 Å². The summed E-state index contributed by atoms with van der Waals surface area (Å²) in [6.07, 6.45) is 0.671. The third-order valence-corrected chi connectivity index (χ3v) is 2.38. The molecule has 7 nitrogen and oxygen atoms in total. The zero-order chi connectivity index (χ0) is 13.4. The van der Waals surface area contributed by atoms with E-state index >= 15 is 0 Å². The minimum Gasteiger partial charge on any atom is -0.481 e. The van der Waals surface area contributed by atoms with Crippen LogP contribution in [0.25, 0.3) is 0 Å². The van der Waals surface area contributed by atoms with E-state index in [9.17, 15) is 4.79 Å². The average Bonchev–Trinajstić information content (AvgIpc) is 2.68. The number of carbonyl (C=O) groups is 1. The first kappa shape index (κ1) is 14.6. The van der Waals surface area contributed by atoms with Gasteiger partial charge in [-0.2, -0.15) is 0 Å². The molecule has 0 saturated heterocycles. The van der Waals surface area contributed by atoms with Crippen molar-refractivity contribution >= 4 is 5.97 Å². The maximum Gasteiger partial charge on any atom is 0.309 e. The maximum atomic E-state index is 10.7. The van der Waals surface area contributed by atoms with Crippen molar-refractivity contribution in [3.63, 3.8) is 0 Å². The number of aryl methyl sites for hydroxylation is 1. The average molecular weight is 257 g/mol. The Kier molecular flexibility index (Phi) is 6.31. The number of rotatable bonds is 9. The van der Waals surface area contributed by atoms with Gasteiger partial charge in [-0.05, 0) is 13.3 Å². The van der Waals surface area contributed by atoms with Gasteiger partial charge in [0, 0.05) is 26.9 Å². The molecule has 0 aliphatic rings. The summed E-state index contributed by atoms with van der Waals surface area (Å²) in [7, 11) is 1.56. The van der Waals surface area contributed by atoms with Crippen molar-refractivity contribution in [1.82, 2.24) is 15.0 Å². The van der Waals surface area contributed by atoms with E-state index in [0.717, 1.165) is 12.1 Å². The molecule has 0 amide bonds. The number of hydrogen-bond donors (Lipinski definition) is 1. The van der Waals surface area contributed by atoms with Crippen molar-refractivity contribution < 1.29 is 19.4 Å². The number of ether oxygens (including phenoxy) is 2. The van der Waals surface area contributed by atoms with E-state index in [0.29, 0.717) is 32.1 Å². The van der Waals surface area contributed by atoms with E-state index in [1.165, 1.54) is 0 Å². The van der Waals surface area contributed by atoms with Gasteiger partial charge in [0.25, 0.3) is 0 Å². The Balaban J connectivity index is 2.65. The molecule has 0 spiro atoms. The number of aliphatic carboxylic acids is 1. The molecule has 1 aromatic rings. The molecule has 7 heteroatoms. The molecule has 0 aliphatic carbocycles. The molecule has 0 aliphatic heterocycles. The first-order valence-corrected chi connectivity index (χ1v) is 5.88. The standard InChI is InChI=1S/C11H19N3O4/c1-3-18-6-4-5-14-10(8-17-2)9(12-13-14)7-11(15)16/h3-8H2,1-2H3,(H,15,16). The normalized spacial score (nSPS) is 10.8. The largest absolute Gasteiger partial charge is 0.481 e. The molecule has 0 atom stereocenters. The molecule has 0 radical (unpaired) electrons. The molecule has 0 unspecified atom stereocenters. The van der Waals surface area contributed by atoms with Gasteiger partial charge in [-0.3, -0.25) is 4.79 Å². The molecule has 0 fully saturated rings. The van der Waals surface area contributed by atoms with Crippen molar-refractivity contribution in [2.75, 3.05) is 20.3 Å². The highest BCUT2D eigenvalue weighted by Gasteiger charge is 2.15. The zero-order valence-electron chi connectivity index (χ0n) is 10.8. The number of carboxylic acids is 1. The lowest BCUT2D eigenvalue weighted by molar-refractivity contribution is -0.136. The third-order valence-electron chi connectivity index (χ3n) is 2.38. The van der Waals surface area contributed by atoms with Crippen LogP contribution in [0, 0.1) is 0 Å². The highest BCUT2D eigenvalue weighted by molar-refractivity contribution is 5.69. The SMILES string of the molecule is CCOCCCn1nnc(CC(=O)O)c1COC. The fourth-order valence-electron chi connectivity index (χ4n) is 1.58. The Labute approximate surface area is 106 Å². The number of nitrogens with zero attached hydrogens (tertiary/aromatic N) is 3. The lowest BCUT2D eigenvalue weighted by Crippen LogP contribution is -2.10. The third kappa shape index (κ3) is 4.42. The summed E-state index contributed by atoms with van der Waals surface area (Å²) in [5, 5.41) is 16.6. The smallest absolute Gasteiger partial charge is 0.309 e. The van der Waals surface area contributed by atoms with E-state index < -0.39 is 5.97 Å². The fourth-order valence-corrected chi connectivity index (χ4v) is 1.58. The molecule has 1 N–H and O–H groups in total. The van der Waals surface area contributed by atoms with Gasteiger partial charge < -0.3 is 14.6 Å². The second kappa shape index (κ2) is 7.78. The van der Waals surface area contributed by atoms with E-state index in [1.807, 2.05) is 6.92 Å². The maximum absolute atomic E-state index is 10.7. The summed E-state index contributed by atoms with van der Waals surface area (Å²) in [6, 6.07) is 0. The Morgan fingerprint density at radius 2 is 2.28 bits per heavy atom. The van der Waals surface area contributed by atoms with Crippen LogP contribution in [0.2, 0.25) is 0 Å². The van der Waals surface area contributed by atoms with Crippen LogP contribution < -0.4 is 0 Å². The van der Waals surface area contributed by atoms with Crippen LogP contribution in [0.15, 0.2) is 0 Å². The summed E-state index contributed by atoms with van der Waals surface area (Å²) >= 11 is 0. The lowest BCUT2D eigenvalue weighted by atomic mass is 10.2. The van der Waals surface area contributed by atoms with Crippen molar-refractivity contribution in [1.29, 1.82) is 0 Å². The molecule has 1 rings (SSSR count). The summed E-state index contributed by atoms with van der Waals surface area (Å²) in [5.41, 5.74) is 1.18. The van der Waals surface area contributed by atoms with Crippen molar-refractivity contribution in [2.24, 2.45) is 0 Å². The summed E-state index contributed by atoms with van der Waals surface area (Å²) in [5.74, 6) is -0.922. The summed E-state index contributed by atoms with van der Waals surface area (Å²) in [4.78, 5) is 10.7. The Hall–Kier alpha value is -1.47. The Bertz CT molecular complexity index is 378. The van der Waals surface area contributed by atoms with E-state index in [1.54, 1.807) is 11.8 Å². The van der Waals surface area contributed by atoms with Gasteiger partial charge in [-0.15, -0.1) is 5.10 Å². The molecule has 1 heterocycles. The number of aromatic nitrogens is 3. The second-order valence-corrected chi connectivity index (χ2v) is 3.76. The minimum absolute atomic E-state index is 0.135. The van der Waals surface area contributed by atoms with Gasteiger partial charge >= 0.3 is 5.97 Å². The van der Waals surface area contributed by atoms with Gasteiger partial charge in [0.1, 0.15) is 0 Å². The van der Waals surface area contributed by atoms with Crippen LogP contribution in [0.3, 0.4) is 0 Å². The summed E-state index contributed by atoms with van der Waals surface area (Å²) < 4.78 is 12.0. The molecule has 0 saturated carbocycles. The molecule has 102 valence electrons. The van der Waals surface area contributed by atoms with Gasteiger partial charge in [0.15, 0.2) is 0 Å². The zero-order valence-corrected chi connectivity index (χ0v) is 10.8. The van der Waals surface area contributed by atoms with Crippen molar-refractivity contribution in [3.05, 3.63) is 11.4 Å². The van der Waals surface area contributed by atoms with Crippen LogP contribution in [0.1, 0.15) is 24.7 Å². The van der Waals surface area contributed by atoms with Crippen LogP contribution >= 0.6 is 0 Å². The fraction of sp³-hybridized carbons (Fsp3) is 0.727. The van der Waals surface area contributed by atoms with Crippen LogP contribution in [0.5, 0.6) is 0 Å². The number of hydrogen-bond acceptors (Lipinski definition) is 5. The van der Waals surface area contributed by atoms with Gasteiger partial charge in [0.2, 0.25) is 0 Å². The molecule has 0 bridgehead atoms. The number of methoxy groups -OCH3 is 1.